The first kappa shape index (κ1) is 19.7. The summed E-state index contributed by atoms with van der Waals surface area (Å²) in [4.78, 5) is 45.1. The van der Waals surface area contributed by atoms with Crippen molar-refractivity contribution >= 4 is 29.1 Å². The Balaban J connectivity index is 1.57. The molecule has 4 aliphatic rings. The van der Waals surface area contributed by atoms with Crippen molar-refractivity contribution in [1.82, 2.24) is 4.90 Å². The molecule has 0 saturated carbocycles. The standard InChI is InChI=1S/C26H27N3O3/c1-13-10-16(4)22-18(11-13)26(25(32)27-22)21-20(19-6-5-9-28(19)26)23(30)29(24(21)31)17-8-7-14(2)15(3)12-17/h7-8,10-12,19-21H,5-6,9H2,1-4H3,(H,27,32)/t19-,20+,21+,26-/m1/s1. The van der Waals surface area contributed by atoms with E-state index in [1.54, 1.807) is 0 Å². The molecule has 164 valence electrons. The van der Waals surface area contributed by atoms with E-state index < -0.39 is 17.4 Å². The SMILES string of the molecule is Cc1cc(C)c2c(c1)[C@]1(C(=O)N2)[C@@H]2C(=O)N(c3ccc(C)c(C)c3)C(=O)[C@H]2[C@H]2CCCN21. The van der Waals surface area contributed by atoms with E-state index in [0.717, 1.165) is 52.9 Å². The van der Waals surface area contributed by atoms with Crippen molar-refractivity contribution in [3.05, 3.63) is 58.1 Å². The fourth-order valence-electron chi connectivity index (χ4n) is 6.78. The number of carbonyl (C=O) groups excluding carboxylic acids is 3. The lowest BCUT2D eigenvalue weighted by molar-refractivity contribution is -0.135. The minimum absolute atomic E-state index is 0.0921. The van der Waals surface area contributed by atoms with Crippen LogP contribution in [0.25, 0.3) is 0 Å². The first-order chi connectivity index (χ1) is 15.3. The number of carbonyl (C=O) groups is 3. The van der Waals surface area contributed by atoms with Crippen LogP contribution in [0.5, 0.6) is 0 Å². The molecule has 0 bridgehead atoms. The van der Waals surface area contributed by atoms with Crippen molar-refractivity contribution in [2.24, 2.45) is 11.8 Å². The summed E-state index contributed by atoms with van der Waals surface area (Å²) in [5.41, 5.74) is 5.36. The summed E-state index contributed by atoms with van der Waals surface area (Å²) in [6.07, 6.45) is 1.75. The van der Waals surface area contributed by atoms with Gasteiger partial charge in [0.05, 0.1) is 17.5 Å². The Kier molecular flexibility index (Phi) is 3.87. The molecular formula is C26H27N3O3. The van der Waals surface area contributed by atoms with Crippen LogP contribution in [-0.2, 0) is 19.9 Å². The van der Waals surface area contributed by atoms with Gasteiger partial charge in [-0.2, -0.15) is 0 Å². The second-order valence-corrected chi connectivity index (χ2v) is 9.91. The van der Waals surface area contributed by atoms with E-state index in [1.807, 2.05) is 52.0 Å². The van der Waals surface area contributed by atoms with Gasteiger partial charge in [-0.25, -0.2) is 4.90 Å². The van der Waals surface area contributed by atoms with Crippen molar-refractivity contribution in [1.29, 1.82) is 0 Å². The quantitative estimate of drug-likeness (QED) is 0.706. The highest BCUT2D eigenvalue weighted by molar-refractivity contribution is 6.26. The van der Waals surface area contributed by atoms with Gasteiger partial charge in [-0.05, 0) is 75.9 Å². The van der Waals surface area contributed by atoms with E-state index in [0.29, 0.717) is 5.69 Å². The molecule has 4 atom stereocenters. The molecule has 3 saturated heterocycles. The molecule has 0 aromatic heterocycles. The van der Waals surface area contributed by atoms with Gasteiger partial charge in [-0.1, -0.05) is 23.8 Å². The molecule has 3 fully saturated rings. The van der Waals surface area contributed by atoms with Crippen LogP contribution in [0, 0.1) is 39.5 Å². The maximum absolute atomic E-state index is 14.0. The average molecular weight is 430 g/mol. The zero-order valence-electron chi connectivity index (χ0n) is 18.9. The van der Waals surface area contributed by atoms with Gasteiger partial charge in [0.25, 0.3) is 0 Å². The van der Waals surface area contributed by atoms with Crippen LogP contribution in [0.1, 0.15) is 40.7 Å². The Morgan fingerprint density at radius 1 is 0.938 bits per heavy atom. The molecule has 32 heavy (non-hydrogen) atoms. The van der Waals surface area contributed by atoms with Crippen molar-refractivity contribution in [2.75, 3.05) is 16.8 Å². The predicted molar refractivity (Wildman–Crippen MR) is 121 cm³/mol. The molecule has 6 nitrogen and oxygen atoms in total. The molecule has 0 aliphatic carbocycles. The number of benzene rings is 2. The van der Waals surface area contributed by atoms with Crippen molar-refractivity contribution in [3.8, 4) is 0 Å². The summed E-state index contributed by atoms with van der Waals surface area (Å²) >= 11 is 0. The Labute approximate surface area is 187 Å². The highest BCUT2D eigenvalue weighted by Gasteiger charge is 2.74. The Bertz CT molecular complexity index is 1240. The predicted octanol–water partition coefficient (Wildman–Crippen LogP) is 3.35. The van der Waals surface area contributed by atoms with Crippen LogP contribution in [-0.4, -0.2) is 35.2 Å². The first-order valence-electron chi connectivity index (χ1n) is 11.4. The van der Waals surface area contributed by atoms with E-state index in [1.165, 1.54) is 4.90 Å². The molecule has 6 heteroatoms. The molecule has 4 heterocycles. The van der Waals surface area contributed by atoms with Crippen LogP contribution in [0.4, 0.5) is 11.4 Å². The number of hydrogen-bond acceptors (Lipinski definition) is 4. The number of nitrogens with one attached hydrogen (secondary N) is 1. The van der Waals surface area contributed by atoms with E-state index in [2.05, 4.69) is 16.3 Å². The molecular weight excluding hydrogens is 402 g/mol. The van der Waals surface area contributed by atoms with Crippen molar-refractivity contribution in [3.63, 3.8) is 0 Å². The summed E-state index contributed by atoms with van der Waals surface area (Å²) in [5.74, 6) is -1.78. The summed E-state index contributed by atoms with van der Waals surface area (Å²) in [6.45, 7) is 8.72. The lowest BCUT2D eigenvalue weighted by atomic mass is 9.75. The fourth-order valence-corrected chi connectivity index (χ4v) is 6.78. The van der Waals surface area contributed by atoms with Gasteiger partial charge in [-0.3, -0.25) is 19.3 Å². The van der Waals surface area contributed by atoms with Gasteiger partial charge >= 0.3 is 0 Å². The number of imide groups is 1. The lowest BCUT2D eigenvalue weighted by Crippen LogP contribution is -2.54. The molecule has 4 aliphatic heterocycles. The number of hydrogen-bond donors (Lipinski definition) is 1. The highest BCUT2D eigenvalue weighted by atomic mass is 16.2. The monoisotopic (exact) mass is 429 g/mol. The minimum Gasteiger partial charge on any atom is -0.324 e. The number of aryl methyl sites for hydroxylation is 4. The van der Waals surface area contributed by atoms with Crippen LogP contribution >= 0.6 is 0 Å². The zero-order valence-corrected chi connectivity index (χ0v) is 18.9. The van der Waals surface area contributed by atoms with E-state index in [4.69, 9.17) is 0 Å². The molecule has 2 aromatic rings. The maximum atomic E-state index is 14.0. The summed E-state index contributed by atoms with van der Waals surface area (Å²) in [7, 11) is 0. The molecule has 1 N–H and O–H groups in total. The summed E-state index contributed by atoms with van der Waals surface area (Å²) in [5, 5.41) is 3.09. The largest absolute Gasteiger partial charge is 0.324 e. The van der Waals surface area contributed by atoms with Crippen LogP contribution in [0.2, 0.25) is 0 Å². The molecule has 0 unspecified atom stereocenters. The maximum Gasteiger partial charge on any atom is 0.250 e. The minimum atomic E-state index is -1.11. The molecule has 1 spiro atoms. The van der Waals surface area contributed by atoms with Crippen LogP contribution < -0.4 is 10.2 Å². The van der Waals surface area contributed by atoms with Crippen LogP contribution in [0.15, 0.2) is 30.3 Å². The molecule has 6 rings (SSSR count). The van der Waals surface area contributed by atoms with Gasteiger partial charge in [0.15, 0.2) is 0 Å². The average Bonchev–Trinajstić information content (AvgIpc) is 3.44. The third-order valence-electron chi connectivity index (χ3n) is 8.19. The molecule has 3 amide bonds. The van der Waals surface area contributed by atoms with E-state index in [-0.39, 0.29) is 23.8 Å². The third kappa shape index (κ3) is 2.16. The second kappa shape index (κ2) is 6.29. The third-order valence-corrected chi connectivity index (χ3v) is 8.19. The van der Waals surface area contributed by atoms with Crippen molar-refractivity contribution in [2.45, 2.75) is 52.1 Å². The fraction of sp³-hybridized carbons (Fsp3) is 0.423. The molecule has 0 radical (unpaired) electrons. The molecule has 2 aromatic carbocycles. The van der Waals surface area contributed by atoms with E-state index >= 15 is 0 Å². The van der Waals surface area contributed by atoms with Crippen molar-refractivity contribution < 1.29 is 14.4 Å². The van der Waals surface area contributed by atoms with Gasteiger partial charge in [0.2, 0.25) is 17.7 Å². The first-order valence-corrected chi connectivity index (χ1v) is 11.4. The number of fused-ring (bicyclic) bond motifs is 7. The second-order valence-electron chi connectivity index (χ2n) is 9.91. The number of amides is 3. The topological polar surface area (TPSA) is 69.7 Å². The Hall–Kier alpha value is -2.99. The summed E-state index contributed by atoms with van der Waals surface area (Å²) in [6, 6.07) is 9.69. The van der Waals surface area contributed by atoms with Crippen LogP contribution in [0.3, 0.4) is 0 Å². The number of anilines is 2. The van der Waals surface area contributed by atoms with Gasteiger partial charge in [0, 0.05) is 17.3 Å². The smallest absolute Gasteiger partial charge is 0.250 e. The number of rotatable bonds is 1. The summed E-state index contributed by atoms with van der Waals surface area (Å²) < 4.78 is 0. The number of nitrogens with zero attached hydrogens (tertiary/aromatic N) is 2. The zero-order chi connectivity index (χ0) is 22.5. The van der Waals surface area contributed by atoms with Gasteiger partial charge in [-0.15, -0.1) is 0 Å². The normalized spacial score (nSPS) is 30.8. The lowest BCUT2D eigenvalue weighted by Gasteiger charge is -2.37. The Morgan fingerprint density at radius 3 is 2.47 bits per heavy atom. The van der Waals surface area contributed by atoms with Gasteiger partial charge in [0.1, 0.15) is 5.54 Å². The Morgan fingerprint density at radius 2 is 1.72 bits per heavy atom. The van der Waals surface area contributed by atoms with Gasteiger partial charge < -0.3 is 5.32 Å². The highest BCUT2D eigenvalue weighted by Crippen LogP contribution is 2.61. The van der Waals surface area contributed by atoms with E-state index in [9.17, 15) is 14.4 Å².